The average Bonchev–Trinajstić information content (AvgIpc) is 2.37. The summed E-state index contributed by atoms with van der Waals surface area (Å²) >= 11 is 0. The molecule has 0 saturated carbocycles. The summed E-state index contributed by atoms with van der Waals surface area (Å²) in [6.07, 6.45) is 0.709. The van der Waals surface area contributed by atoms with E-state index in [1.807, 2.05) is 6.92 Å². The van der Waals surface area contributed by atoms with Crippen molar-refractivity contribution in [3.05, 3.63) is 23.8 Å². The molecule has 0 aliphatic carbocycles. The van der Waals surface area contributed by atoms with Crippen LogP contribution in [0.15, 0.2) is 23.1 Å². The number of nitrogen functional groups attached to an aromatic ring is 1. The van der Waals surface area contributed by atoms with Crippen LogP contribution in [0.1, 0.15) is 19.4 Å². The maximum Gasteiger partial charge on any atom is 0.240 e. The maximum atomic E-state index is 12.0. The molecule has 1 aromatic rings. The highest BCUT2D eigenvalue weighted by Crippen LogP contribution is 2.18. The molecule has 0 unspecified atom stereocenters. The molecule has 0 atom stereocenters. The largest absolute Gasteiger partial charge is 0.398 e. The fourth-order valence-corrected chi connectivity index (χ4v) is 3.90. The molecule has 1 aromatic carbocycles. The quantitative estimate of drug-likeness (QED) is 0.580. The fourth-order valence-electron chi connectivity index (χ4n) is 1.75. The van der Waals surface area contributed by atoms with Crippen molar-refractivity contribution in [1.29, 1.82) is 0 Å². The first-order valence-electron chi connectivity index (χ1n) is 6.57. The summed E-state index contributed by atoms with van der Waals surface area (Å²) < 4.78 is 51.5. The minimum absolute atomic E-state index is 0.0260. The van der Waals surface area contributed by atoms with E-state index in [1.165, 1.54) is 12.1 Å². The van der Waals surface area contributed by atoms with Gasteiger partial charge in [-0.3, -0.25) is 0 Å². The van der Waals surface area contributed by atoms with Gasteiger partial charge in [-0.15, -0.1) is 0 Å². The van der Waals surface area contributed by atoms with Crippen LogP contribution in [-0.2, 0) is 26.5 Å². The van der Waals surface area contributed by atoms with E-state index in [2.05, 4.69) is 9.44 Å². The zero-order chi connectivity index (χ0) is 16.1. The number of hydrogen-bond acceptors (Lipinski definition) is 5. The van der Waals surface area contributed by atoms with Gasteiger partial charge in [0.1, 0.15) is 0 Å². The van der Waals surface area contributed by atoms with E-state index in [1.54, 1.807) is 13.0 Å². The summed E-state index contributed by atoms with van der Waals surface area (Å²) in [4.78, 5) is 0.0260. The van der Waals surface area contributed by atoms with Gasteiger partial charge in [-0.2, -0.15) is 0 Å². The van der Waals surface area contributed by atoms with Crippen LogP contribution in [0, 0.1) is 0 Å². The average molecular weight is 335 g/mol. The molecule has 1 rings (SSSR count). The standard InChI is InChI=1S/C12H21N3O4S2/c1-3-10-5-6-11(9-12(10)13)21(18,19)15-7-8-20(16,17)14-4-2/h5-6,9,14-15H,3-4,7-8,13H2,1-2H3. The van der Waals surface area contributed by atoms with Gasteiger partial charge in [0, 0.05) is 18.8 Å². The summed E-state index contributed by atoms with van der Waals surface area (Å²) in [5.74, 6) is -0.317. The fraction of sp³-hybridized carbons (Fsp3) is 0.500. The molecule has 0 amide bonds. The van der Waals surface area contributed by atoms with Crippen LogP contribution in [0.3, 0.4) is 0 Å². The van der Waals surface area contributed by atoms with Crippen molar-refractivity contribution < 1.29 is 16.8 Å². The van der Waals surface area contributed by atoms with E-state index in [0.29, 0.717) is 12.1 Å². The molecule has 0 spiro atoms. The lowest BCUT2D eigenvalue weighted by atomic mass is 10.1. The molecule has 120 valence electrons. The van der Waals surface area contributed by atoms with Gasteiger partial charge in [0.2, 0.25) is 20.0 Å². The van der Waals surface area contributed by atoms with Gasteiger partial charge in [0.15, 0.2) is 0 Å². The van der Waals surface area contributed by atoms with E-state index in [9.17, 15) is 16.8 Å². The molecular weight excluding hydrogens is 314 g/mol. The highest BCUT2D eigenvalue weighted by atomic mass is 32.2. The van der Waals surface area contributed by atoms with Crippen molar-refractivity contribution in [3.63, 3.8) is 0 Å². The van der Waals surface area contributed by atoms with Crippen LogP contribution < -0.4 is 15.2 Å². The number of nitrogens with one attached hydrogen (secondary N) is 2. The number of hydrogen-bond donors (Lipinski definition) is 3. The minimum Gasteiger partial charge on any atom is -0.398 e. The lowest BCUT2D eigenvalue weighted by molar-refractivity contribution is 0.576. The molecule has 0 aromatic heterocycles. The molecule has 0 aliphatic heterocycles. The van der Waals surface area contributed by atoms with E-state index in [4.69, 9.17) is 5.73 Å². The zero-order valence-corrected chi connectivity index (χ0v) is 13.7. The Morgan fingerprint density at radius 2 is 1.76 bits per heavy atom. The maximum absolute atomic E-state index is 12.0. The Kier molecular flexibility index (Phi) is 6.14. The molecule has 0 heterocycles. The summed E-state index contributed by atoms with van der Waals surface area (Å²) in [6, 6.07) is 4.48. The summed E-state index contributed by atoms with van der Waals surface area (Å²) in [5, 5.41) is 0. The van der Waals surface area contributed by atoms with Gasteiger partial charge in [0.05, 0.1) is 10.6 Å². The van der Waals surface area contributed by atoms with E-state index in [-0.39, 0.29) is 23.7 Å². The number of sulfonamides is 2. The predicted octanol–water partition coefficient (Wildman–Crippen LogP) is 0.0488. The van der Waals surface area contributed by atoms with Crippen LogP contribution in [-0.4, -0.2) is 35.7 Å². The molecule has 0 bridgehead atoms. The number of rotatable bonds is 8. The third kappa shape index (κ3) is 5.27. The Labute approximate surface area is 126 Å². The molecule has 9 heteroatoms. The Balaban J connectivity index is 2.76. The highest BCUT2D eigenvalue weighted by molar-refractivity contribution is 7.90. The van der Waals surface area contributed by atoms with Gasteiger partial charge >= 0.3 is 0 Å². The Morgan fingerprint density at radius 3 is 2.29 bits per heavy atom. The molecule has 0 saturated heterocycles. The van der Waals surface area contributed by atoms with E-state index in [0.717, 1.165) is 5.56 Å². The topological polar surface area (TPSA) is 118 Å². The van der Waals surface area contributed by atoms with Crippen molar-refractivity contribution in [2.45, 2.75) is 25.2 Å². The third-order valence-corrected chi connectivity index (χ3v) is 5.76. The number of aryl methyl sites for hydroxylation is 1. The Hall–Kier alpha value is -1.16. The molecule has 0 aliphatic rings. The van der Waals surface area contributed by atoms with E-state index < -0.39 is 20.0 Å². The van der Waals surface area contributed by atoms with E-state index >= 15 is 0 Å². The predicted molar refractivity (Wildman–Crippen MR) is 82.9 cm³/mol. The highest BCUT2D eigenvalue weighted by Gasteiger charge is 2.16. The van der Waals surface area contributed by atoms with Gasteiger partial charge < -0.3 is 5.73 Å². The van der Waals surface area contributed by atoms with Gasteiger partial charge in [0.25, 0.3) is 0 Å². The monoisotopic (exact) mass is 335 g/mol. The van der Waals surface area contributed by atoms with Gasteiger partial charge in [-0.25, -0.2) is 26.3 Å². The third-order valence-electron chi connectivity index (χ3n) is 2.84. The van der Waals surface area contributed by atoms with Crippen molar-refractivity contribution in [3.8, 4) is 0 Å². The van der Waals surface area contributed by atoms with Gasteiger partial charge in [-0.1, -0.05) is 19.9 Å². The second kappa shape index (κ2) is 7.21. The summed E-state index contributed by atoms with van der Waals surface area (Å²) in [7, 11) is -7.22. The summed E-state index contributed by atoms with van der Waals surface area (Å²) in [6.45, 7) is 3.64. The lowest BCUT2D eigenvalue weighted by Crippen LogP contribution is -2.34. The second-order valence-electron chi connectivity index (χ2n) is 4.43. The number of nitrogens with two attached hydrogens (primary N) is 1. The first-order chi connectivity index (χ1) is 9.72. The van der Waals surface area contributed by atoms with Crippen LogP contribution >= 0.6 is 0 Å². The molecule has 7 nitrogen and oxygen atoms in total. The van der Waals surface area contributed by atoms with Crippen molar-refractivity contribution in [2.75, 3.05) is 24.6 Å². The van der Waals surface area contributed by atoms with Crippen LogP contribution in [0.4, 0.5) is 5.69 Å². The van der Waals surface area contributed by atoms with Crippen molar-refractivity contribution in [1.82, 2.24) is 9.44 Å². The molecule has 0 fully saturated rings. The van der Waals surface area contributed by atoms with Crippen LogP contribution in [0.2, 0.25) is 0 Å². The Bertz CT molecular complexity index is 684. The number of benzene rings is 1. The minimum atomic E-state index is -3.77. The Morgan fingerprint density at radius 1 is 1.10 bits per heavy atom. The molecular formula is C12H21N3O4S2. The smallest absolute Gasteiger partial charge is 0.240 e. The van der Waals surface area contributed by atoms with Crippen LogP contribution in [0.5, 0.6) is 0 Å². The SMILES string of the molecule is CCNS(=O)(=O)CCNS(=O)(=O)c1ccc(CC)c(N)c1. The first kappa shape index (κ1) is 17.9. The first-order valence-corrected chi connectivity index (χ1v) is 9.70. The normalized spacial score (nSPS) is 12.5. The van der Waals surface area contributed by atoms with Crippen LogP contribution in [0.25, 0.3) is 0 Å². The summed E-state index contributed by atoms with van der Waals surface area (Å²) in [5.41, 5.74) is 7.04. The van der Waals surface area contributed by atoms with Crippen molar-refractivity contribution >= 4 is 25.7 Å². The molecule has 4 N–H and O–H groups in total. The molecule has 21 heavy (non-hydrogen) atoms. The lowest BCUT2D eigenvalue weighted by Gasteiger charge is -2.10. The molecule has 0 radical (unpaired) electrons. The van der Waals surface area contributed by atoms with Crippen molar-refractivity contribution in [2.24, 2.45) is 0 Å². The zero-order valence-electron chi connectivity index (χ0n) is 12.1. The number of anilines is 1. The second-order valence-corrected chi connectivity index (χ2v) is 8.12. The van der Waals surface area contributed by atoms with Gasteiger partial charge in [-0.05, 0) is 24.1 Å².